The van der Waals surface area contributed by atoms with Gasteiger partial charge in [0.15, 0.2) is 11.7 Å². The van der Waals surface area contributed by atoms with Gasteiger partial charge >= 0.3 is 0 Å². The molecule has 10 heteroatoms. The number of ether oxygens (including phenoxy) is 1. The maximum Gasteiger partial charge on any atom is 0.264 e. The van der Waals surface area contributed by atoms with E-state index in [1.807, 2.05) is 6.92 Å². The van der Waals surface area contributed by atoms with E-state index < -0.39 is 11.8 Å². The monoisotopic (exact) mass is 431 g/mol. The molecule has 0 bridgehead atoms. The lowest BCUT2D eigenvalue weighted by Gasteiger charge is -2.11. The number of aryl methyl sites for hydroxylation is 1. The zero-order valence-corrected chi connectivity index (χ0v) is 17.0. The zero-order valence-electron chi connectivity index (χ0n) is 13.8. The van der Waals surface area contributed by atoms with Crippen molar-refractivity contribution in [2.24, 2.45) is 5.73 Å². The summed E-state index contributed by atoms with van der Waals surface area (Å²) in [4.78, 5) is 24.5. The molecule has 0 unspecified atom stereocenters. The molecule has 0 fully saturated rings. The molecule has 2 amide bonds. The molecule has 0 aliphatic heterocycles. The van der Waals surface area contributed by atoms with Gasteiger partial charge in [0, 0.05) is 9.90 Å². The second-order valence-corrected chi connectivity index (χ2v) is 7.69. The topological polar surface area (TPSA) is 93.4 Å². The Labute approximate surface area is 169 Å². The number of thiocarbonyl (C=S) groups is 1. The van der Waals surface area contributed by atoms with Crippen molar-refractivity contribution in [2.45, 2.75) is 13.8 Å². The van der Waals surface area contributed by atoms with Gasteiger partial charge in [0.1, 0.15) is 10.8 Å². The summed E-state index contributed by atoms with van der Waals surface area (Å²) in [6, 6.07) is 4.67. The molecule has 6 nitrogen and oxygen atoms in total. The zero-order chi connectivity index (χ0) is 19.4. The minimum atomic E-state index is -0.566. The van der Waals surface area contributed by atoms with E-state index in [4.69, 9.17) is 45.9 Å². The van der Waals surface area contributed by atoms with E-state index in [2.05, 4.69) is 10.6 Å². The molecule has 0 aliphatic carbocycles. The first-order valence-electron chi connectivity index (χ1n) is 7.27. The van der Waals surface area contributed by atoms with Crippen molar-refractivity contribution >= 4 is 68.7 Å². The molecular formula is C16H15Cl2N3O3S2. The molecule has 138 valence electrons. The summed E-state index contributed by atoms with van der Waals surface area (Å²) in [7, 11) is 0. The fraction of sp³-hybridized carbons (Fsp3) is 0.188. The first kappa shape index (κ1) is 20.4. The van der Waals surface area contributed by atoms with Crippen LogP contribution in [0.5, 0.6) is 5.75 Å². The van der Waals surface area contributed by atoms with E-state index in [1.165, 1.54) is 17.4 Å². The number of nitrogens with two attached hydrogens (primary N) is 1. The van der Waals surface area contributed by atoms with Gasteiger partial charge in [-0.05, 0) is 49.8 Å². The lowest BCUT2D eigenvalue weighted by Crippen LogP contribution is -2.37. The van der Waals surface area contributed by atoms with Crippen molar-refractivity contribution in [3.8, 4) is 5.75 Å². The fourth-order valence-electron chi connectivity index (χ4n) is 2.04. The van der Waals surface area contributed by atoms with Crippen LogP contribution < -0.4 is 21.1 Å². The molecular weight excluding hydrogens is 417 g/mol. The van der Waals surface area contributed by atoms with Gasteiger partial charge in [-0.15, -0.1) is 11.3 Å². The predicted molar refractivity (Wildman–Crippen MR) is 109 cm³/mol. The summed E-state index contributed by atoms with van der Waals surface area (Å²) >= 11 is 18.2. The summed E-state index contributed by atoms with van der Waals surface area (Å²) in [5.74, 6) is -0.728. The van der Waals surface area contributed by atoms with Gasteiger partial charge in [0.05, 0.1) is 10.6 Å². The Morgan fingerprint density at radius 2 is 2.00 bits per heavy atom. The van der Waals surface area contributed by atoms with Crippen LogP contribution in [-0.4, -0.2) is 23.5 Å². The Morgan fingerprint density at radius 1 is 1.31 bits per heavy atom. The van der Waals surface area contributed by atoms with Gasteiger partial charge in [0.2, 0.25) is 0 Å². The fourth-order valence-corrected chi connectivity index (χ4v) is 3.86. The number of carbonyl (C=O) groups excluding carboxylic acids is 2. The van der Waals surface area contributed by atoms with Gasteiger partial charge < -0.3 is 15.8 Å². The van der Waals surface area contributed by atoms with Crippen LogP contribution in [-0.2, 0) is 4.79 Å². The van der Waals surface area contributed by atoms with Crippen molar-refractivity contribution in [2.75, 3.05) is 11.9 Å². The maximum absolute atomic E-state index is 12.0. The van der Waals surface area contributed by atoms with Crippen LogP contribution >= 0.6 is 46.8 Å². The molecule has 26 heavy (non-hydrogen) atoms. The molecule has 1 heterocycles. The average molecular weight is 432 g/mol. The van der Waals surface area contributed by atoms with Crippen LogP contribution in [0.2, 0.25) is 10.0 Å². The van der Waals surface area contributed by atoms with E-state index in [0.29, 0.717) is 26.4 Å². The first-order chi connectivity index (χ1) is 12.2. The second-order valence-electron chi connectivity index (χ2n) is 5.22. The molecule has 0 saturated heterocycles. The summed E-state index contributed by atoms with van der Waals surface area (Å²) < 4.78 is 5.33. The minimum Gasteiger partial charge on any atom is -0.482 e. The number of nitrogens with one attached hydrogen (secondary N) is 2. The molecule has 1 aromatic carbocycles. The third-order valence-corrected chi connectivity index (χ3v) is 5.22. The van der Waals surface area contributed by atoms with E-state index in [-0.39, 0.29) is 11.7 Å². The molecule has 0 radical (unpaired) electrons. The van der Waals surface area contributed by atoms with Crippen molar-refractivity contribution in [1.29, 1.82) is 0 Å². The Bertz CT molecular complexity index is 884. The summed E-state index contributed by atoms with van der Waals surface area (Å²) in [5.41, 5.74) is 6.53. The third-order valence-electron chi connectivity index (χ3n) is 3.36. The quantitative estimate of drug-likeness (QED) is 0.627. The molecule has 0 atom stereocenters. The Balaban J connectivity index is 1.94. The second kappa shape index (κ2) is 8.68. The molecule has 0 aliphatic rings. The minimum absolute atomic E-state index is 0.0320. The lowest BCUT2D eigenvalue weighted by molar-refractivity contribution is -0.121. The molecule has 2 rings (SSSR count). The number of amides is 2. The number of carbonyl (C=O) groups is 2. The highest BCUT2D eigenvalue weighted by atomic mass is 35.5. The largest absolute Gasteiger partial charge is 0.482 e. The van der Waals surface area contributed by atoms with Crippen LogP contribution in [0.3, 0.4) is 0 Å². The Hall–Kier alpha value is -1.87. The summed E-state index contributed by atoms with van der Waals surface area (Å²) in [6.07, 6.45) is 0. The van der Waals surface area contributed by atoms with Gasteiger partial charge in [-0.2, -0.15) is 0 Å². The van der Waals surface area contributed by atoms with E-state index >= 15 is 0 Å². The Kier molecular flexibility index (Phi) is 6.82. The highest BCUT2D eigenvalue weighted by molar-refractivity contribution is 7.80. The van der Waals surface area contributed by atoms with E-state index in [1.54, 1.807) is 19.1 Å². The summed E-state index contributed by atoms with van der Waals surface area (Å²) in [6.45, 7) is 3.36. The molecule has 0 saturated carbocycles. The molecule has 2 aromatic rings. The molecule has 1 aromatic heterocycles. The van der Waals surface area contributed by atoms with Crippen LogP contribution in [0, 0.1) is 13.8 Å². The number of thiophene rings is 1. The van der Waals surface area contributed by atoms with Crippen molar-refractivity contribution in [3.05, 3.63) is 44.2 Å². The van der Waals surface area contributed by atoms with Crippen molar-refractivity contribution in [3.63, 3.8) is 0 Å². The number of benzene rings is 1. The standard InChI is InChI=1S/C16H15Cl2N3O3S2/c1-7-8(2)26-15(13(7)14(19)23)21-16(25)20-12(22)6-24-11-4-3-9(17)5-10(11)18/h3-5H,6H2,1-2H3,(H2,19,23)(H2,20,21,22,25). The average Bonchev–Trinajstić information content (AvgIpc) is 2.80. The van der Waals surface area contributed by atoms with Gasteiger partial charge in [-0.3, -0.25) is 14.9 Å². The van der Waals surface area contributed by atoms with Gasteiger partial charge in [0.25, 0.3) is 11.8 Å². The lowest BCUT2D eigenvalue weighted by atomic mass is 10.1. The van der Waals surface area contributed by atoms with E-state index in [9.17, 15) is 9.59 Å². The van der Waals surface area contributed by atoms with Crippen LogP contribution in [0.25, 0.3) is 0 Å². The van der Waals surface area contributed by atoms with Gasteiger partial charge in [-0.25, -0.2) is 0 Å². The summed E-state index contributed by atoms with van der Waals surface area (Å²) in [5, 5.41) is 6.56. The number of rotatable bonds is 5. The predicted octanol–water partition coefficient (Wildman–Crippen LogP) is 3.66. The van der Waals surface area contributed by atoms with Crippen molar-refractivity contribution < 1.29 is 14.3 Å². The smallest absolute Gasteiger partial charge is 0.264 e. The third kappa shape index (κ3) is 5.07. The first-order valence-corrected chi connectivity index (χ1v) is 9.25. The maximum atomic E-state index is 12.0. The van der Waals surface area contributed by atoms with Crippen LogP contribution in [0.4, 0.5) is 5.00 Å². The number of hydrogen-bond acceptors (Lipinski definition) is 5. The van der Waals surface area contributed by atoms with E-state index in [0.717, 1.165) is 10.4 Å². The number of primary amides is 1. The highest BCUT2D eigenvalue weighted by Gasteiger charge is 2.18. The normalized spacial score (nSPS) is 10.3. The van der Waals surface area contributed by atoms with Crippen LogP contribution in [0.15, 0.2) is 18.2 Å². The number of hydrogen-bond donors (Lipinski definition) is 3. The molecule has 4 N–H and O–H groups in total. The SMILES string of the molecule is Cc1sc(NC(=S)NC(=O)COc2ccc(Cl)cc2Cl)c(C(N)=O)c1C. The van der Waals surface area contributed by atoms with Crippen LogP contribution in [0.1, 0.15) is 20.8 Å². The van der Waals surface area contributed by atoms with Gasteiger partial charge in [-0.1, -0.05) is 23.2 Å². The Morgan fingerprint density at radius 3 is 2.62 bits per heavy atom. The number of anilines is 1. The van der Waals surface area contributed by atoms with Crippen molar-refractivity contribution in [1.82, 2.24) is 5.32 Å². The number of halogens is 2. The molecule has 0 spiro atoms. The highest BCUT2D eigenvalue weighted by Crippen LogP contribution is 2.32.